The van der Waals surface area contributed by atoms with Crippen LogP contribution in [0.3, 0.4) is 0 Å². The number of benzene rings is 1. The maximum Gasteiger partial charge on any atom is 0.258 e. The van der Waals surface area contributed by atoms with Crippen molar-refractivity contribution >= 4 is 22.2 Å². The molecule has 3 rings (SSSR count). The van der Waals surface area contributed by atoms with E-state index in [1.54, 1.807) is 5.51 Å². The van der Waals surface area contributed by atoms with E-state index < -0.39 is 0 Å². The molecular formula is C18H19N3OS. The standard InChI is InChI=1S/C18H19N3OS/c1-11-7-5-6-8-16(11)21-12(2)9-15(14(21)4)17(22)20-18-13(3)19-10-23-18/h5-10H,1-4H3,(H,20,22). The van der Waals surface area contributed by atoms with E-state index in [-0.39, 0.29) is 5.91 Å². The first kappa shape index (κ1) is 15.5. The molecule has 0 aliphatic carbocycles. The van der Waals surface area contributed by atoms with Crippen molar-refractivity contribution in [3.8, 4) is 5.69 Å². The number of nitrogens with one attached hydrogen (secondary N) is 1. The smallest absolute Gasteiger partial charge is 0.258 e. The van der Waals surface area contributed by atoms with Gasteiger partial charge in [-0.25, -0.2) is 4.98 Å². The zero-order valence-corrected chi connectivity index (χ0v) is 14.5. The fourth-order valence-corrected chi connectivity index (χ4v) is 3.46. The van der Waals surface area contributed by atoms with Crippen LogP contribution in [0, 0.1) is 27.7 Å². The van der Waals surface area contributed by atoms with Crippen molar-refractivity contribution in [1.82, 2.24) is 9.55 Å². The Hall–Kier alpha value is -2.40. The molecule has 23 heavy (non-hydrogen) atoms. The van der Waals surface area contributed by atoms with E-state index in [0.717, 1.165) is 27.8 Å². The molecule has 0 fully saturated rings. The first-order valence-corrected chi connectivity index (χ1v) is 8.33. The first-order chi connectivity index (χ1) is 11.0. The van der Waals surface area contributed by atoms with Crippen LogP contribution in [0.5, 0.6) is 0 Å². The van der Waals surface area contributed by atoms with Gasteiger partial charge in [0, 0.05) is 17.1 Å². The Labute approximate surface area is 139 Å². The predicted molar refractivity (Wildman–Crippen MR) is 94.8 cm³/mol. The van der Waals surface area contributed by atoms with Crippen LogP contribution in [0.1, 0.15) is 33.0 Å². The Morgan fingerprint density at radius 1 is 1.17 bits per heavy atom. The Bertz CT molecular complexity index is 876. The van der Waals surface area contributed by atoms with E-state index in [1.165, 1.54) is 16.9 Å². The molecule has 4 nitrogen and oxygen atoms in total. The van der Waals surface area contributed by atoms with Gasteiger partial charge in [-0.1, -0.05) is 18.2 Å². The first-order valence-electron chi connectivity index (χ1n) is 7.45. The van der Waals surface area contributed by atoms with Gasteiger partial charge in [-0.15, -0.1) is 11.3 Å². The summed E-state index contributed by atoms with van der Waals surface area (Å²) in [6, 6.07) is 10.1. The molecule has 0 radical (unpaired) electrons. The lowest BCUT2D eigenvalue weighted by atomic mass is 10.2. The van der Waals surface area contributed by atoms with Gasteiger partial charge in [-0.2, -0.15) is 0 Å². The van der Waals surface area contributed by atoms with Crippen LogP contribution < -0.4 is 5.32 Å². The van der Waals surface area contributed by atoms with Gasteiger partial charge < -0.3 is 9.88 Å². The highest BCUT2D eigenvalue weighted by atomic mass is 32.1. The Morgan fingerprint density at radius 2 is 1.91 bits per heavy atom. The molecule has 1 amide bonds. The molecule has 0 saturated carbocycles. The second-order valence-corrected chi connectivity index (χ2v) is 6.48. The number of hydrogen-bond acceptors (Lipinski definition) is 3. The normalized spacial score (nSPS) is 10.8. The van der Waals surface area contributed by atoms with Crippen molar-refractivity contribution in [2.45, 2.75) is 27.7 Å². The number of aromatic nitrogens is 2. The summed E-state index contributed by atoms with van der Waals surface area (Å²) in [5, 5.41) is 3.76. The topological polar surface area (TPSA) is 46.9 Å². The average Bonchev–Trinajstić information content (AvgIpc) is 3.04. The van der Waals surface area contributed by atoms with Gasteiger partial charge in [0.15, 0.2) is 0 Å². The van der Waals surface area contributed by atoms with E-state index >= 15 is 0 Å². The van der Waals surface area contributed by atoms with E-state index in [2.05, 4.69) is 33.9 Å². The predicted octanol–water partition coefficient (Wildman–Crippen LogP) is 4.42. The number of thiazole rings is 1. The highest BCUT2D eigenvalue weighted by molar-refractivity contribution is 7.14. The summed E-state index contributed by atoms with van der Waals surface area (Å²) >= 11 is 1.44. The highest BCUT2D eigenvalue weighted by Gasteiger charge is 2.18. The van der Waals surface area contributed by atoms with E-state index in [1.807, 2.05) is 39.0 Å². The summed E-state index contributed by atoms with van der Waals surface area (Å²) in [6.07, 6.45) is 0. The van der Waals surface area contributed by atoms with Crippen molar-refractivity contribution in [1.29, 1.82) is 0 Å². The van der Waals surface area contributed by atoms with Gasteiger partial charge in [-0.3, -0.25) is 4.79 Å². The van der Waals surface area contributed by atoms with E-state index in [0.29, 0.717) is 5.56 Å². The molecule has 0 unspecified atom stereocenters. The van der Waals surface area contributed by atoms with Crippen molar-refractivity contribution in [2.75, 3.05) is 5.32 Å². The highest BCUT2D eigenvalue weighted by Crippen LogP contribution is 2.25. The molecule has 1 N–H and O–H groups in total. The van der Waals surface area contributed by atoms with Gasteiger partial charge in [-0.05, 0) is 45.4 Å². The molecule has 3 aromatic rings. The Balaban J connectivity index is 2.00. The number of aryl methyl sites for hydroxylation is 3. The van der Waals surface area contributed by atoms with Crippen molar-refractivity contribution in [3.05, 3.63) is 64.1 Å². The summed E-state index contributed by atoms with van der Waals surface area (Å²) < 4.78 is 2.13. The number of para-hydroxylation sites is 1. The molecule has 1 aromatic carbocycles. The van der Waals surface area contributed by atoms with Crippen LogP contribution in [-0.2, 0) is 0 Å². The fourth-order valence-electron chi connectivity index (χ4n) is 2.77. The SMILES string of the molecule is Cc1ccccc1-n1c(C)cc(C(=O)Nc2scnc2C)c1C. The molecule has 0 bridgehead atoms. The summed E-state index contributed by atoms with van der Waals surface area (Å²) in [5.41, 5.74) is 7.55. The molecule has 118 valence electrons. The molecule has 0 atom stereocenters. The average molecular weight is 325 g/mol. The largest absolute Gasteiger partial charge is 0.317 e. The lowest BCUT2D eigenvalue weighted by molar-refractivity contribution is 0.102. The maximum atomic E-state index is 12.6. The van der Waals surface area contributed by atoms with Crippen LogP contribution in [0.25, 0.3) is 5.69 Å². The number of hydrogen-bond donors (Lipinski definition) is 1. The summed E-state index contributed by atoms with van der Waals surface area (Å²) in [7, 11) is 0. The van der Waals surface area contributed by atoms with Crippen LogP contribution >= 0.6 is 11.3 Å². The maximum absolute atomic E-state index is 12.6. The van der Waals surface area contributed by atoms with Crippen molar-refractivity contribution in [2.24, 2.45) is 0 Å². The number of rotatable bonds is 3. The lowest BCUT2D eigenvalue weighted by Gasteiger charge is -2.12. The third kappa shape index (κ3) is 2.80. The van der Waals surface area contributed by atoms with Crippen LogP contribution in [0.4, 0.5) is 5.00 Å². The molecule has 0 saturated heterocycles. The molecular weight excluding hydrogens is 306 g/mol. The van der Waals surface area contributed by atoms with Gasteiger partial charge in [0.1, 0.15) is 5.00 Å². The van der Waals surface area contributed by atoms with Crippen molar-refractivity contribution < 1.29 is 4.79 Å². The van der Waals surface area contributed by atoms with Gasteiger partial charge in [0.05, 0.1) is 16.8 Å². The summed E-state index contributed by atoms with van der Waals surface area (Å²) in [4.78, 5) is 16.8. The second-order valence-electron chi connectivity index (χ2n) is 5.63. The fraction of sp³-hybridized carbons (Fsp3) is 0.222. The molecule has 5 heteroatoms. The van der Waals surface area contributed by atoms with Crippen LogP contribution in [0.15, 0.2) is 35.8 Å². The number of amides is 1. The summed E-state index contributed by atoms with van der Waals surface area (Å²) in [5.74, 6) is -0.0923. The van der Waals surface area contributed by atoms with Crippen LogP contribution in [-0.4, -0.2) is 15.5 Å². The monoisotopic (exact) mass is 325 g/mol. The third-order valence-electron chi connectivity index (χ3n) is 4.00. The molecule has 0 aliphatic rings. The van der Waals surface area contributed by atoms with Crippen LogP contribution in [0.2, 0.25) is 0 Å². The van der Waals surface area contributed by atoms with E-state index in [4.69, 9.17) is 0 Å². The number of anilines is 1. The minimum atomic E-state index is -0.0923. The lowest BCUT2D eigenvalue weighted by Crippen LogP contribution is -2.13. The molecule has 0 aliphatic heterocycles. The van der Waals surface area contributed by atoms with Gasteiger partial charge >= 0.3 is 0 Å². The Kier molecular flexibility index (Phi) is 4.05. The zero-order valence-electron chi connectivity index (χ0n) is 13.7. The third-order valence-corrected chi connectivity index (χ3v) is 4.85. The molecule has 2 heterocycles. The van der Waals surface area contributed by atoms with Gasteiger partial charge in [0.25, 0.3) is 5.91 Å². The summed E-state index contributed by atoms with van der Waals surface area (Å²) in [6.45, 7) is 7.97. The molecule has 2 aromatic heterocycles. The quantitative estimate of drug-likeness (QED) is 0.775. The number of nitrogens with zero attached hydrogens (tertiary/aromatic N) is 2. The minimum Gasteiger partial charge on any atom is -0.317 e. The van der Waals surface area contributed by atoms with Gasteiger partial charge in [0.2, 0.25) is 0 Å². The number of carbonyl (C=O) groups is 1. The minimum absolute atomic E-state index is 0.0923. The molecule has 0 spiro atoms. The zero-order chi connectivity index (χ0) is 16.6. The number of carbonyl (C=O) groups excluding carboxylic acids is 1. The van der Waals surface area contributed by atoms with E-state index in [9.17, 15) is 4.79 Å². The second kappa shape index (κ2) is 6.01. The Morgan fingerprint density at radius 3 is 2.57 bits per heavy atom. The van der Waals surface area contributed by atoms with Crippen molar-refractivity contribution in [3.63, 3.8) is 0 Å².